The molecule has 5 nitrogen and oxygen atoms in total. The lowest BCUT2D eigenvalue weighted by Gasteiger charge is -2.16. The average Bonchev–Trinajstić information content (AvgIpc) is 2.74. The SMILES string of the molecule is NC(=O)[C@@H](Cc1ccc(C(=O)c2ccccc2)cc1)NC(=O)c1ccc(Cl)cc1. The molecule has 0 radical (unpaired) electrons. The molecule has 2 amide bonds. The van der Waals surface area contributed by atoms with Gasteiger partial charge in [0.05, 0.1) is 0 Å². The molecule has 3 rings (SSSR count). The Labute approximate surface area is 173 Å². The van der Waals surface area contributed by atoms with E-state index in [2.05, 4.69) is 5.32 Å². The summed E-state index contributed by atoms with van der Waals surface area (Å²) in [5.41, 5.74) is 7.76. The first-order valence-corrected chi connectivity index (χ1v) is 9.36. The predicted molar refractivity (Wildman–Crippen MR) is 112 cm³/mol. The molecule has 0 saturated carbocycles. The molecule has 0 spiro atoms. The Bertz CT molecular complexity index is 1020. The van der Waals surface area contributed by atoms with Crippen LogP contribution in [0.2, 0.25) is 5.02 Å². The molecule has 3 aromatic rings. The minimum atomic E-state index is -0.881. The van der Waals surface area contributed by atoms with Crippen LogP contribution in [0, 0.1) is 0 Å². The zero-order valence-electron chi connectivity index (χ0n) is 15.5. The van der Waals surface area contributed by atoms with Crippen molar-refractivity contribution in [3.8, 4) is 0 Å². The summed E-state index contributed by atoms with van der Waals surface area (Å²) in [4.78, 5) is 36.6. The second kappa shape index (κ2) is 9.17. The van der Waals surface area contributed by atoms with Crippen molar-refractivity contribution < 1.29 is 14.4 Å². The van der Waals surface area contributed by atoms with Crippen LogP contribution in [0.5, 0.6) is 0 Å². The second-order valence-electron chi connectivity index (χ2n) is 6.53. The first kappa shape index (κ1) is 20.3. The van der Waals surface area contributed by atoms with Gasteiger partial charge in [0.2, 0.25) is 5.91 Å². The monoisotopic (exact) mass is 406 g/mol. The van der Waals surface area contributed by atoms with E-state index in [9.17, 15) is 14.4 Å². The second-order valence-corrected chi connectivity index (χ2v) is 6.97. The third kappa shape index (κ3) is 5.30. The highest BCUT2D eigenvalue weighted by molar-refractivity contribution is 6.30. The van der Waals surface area contributed by atoms with E-state index in [4.69, 9.17) is 17.3 Å². The van der Waals surface area contributed by atoms with E-state index in [1.165, 1.54) is 0 Å². The smallest absolute Gasteiger partial charge is 0.251 e. The Hall–Kier alpha value is -3.44. The number of primary amides is 1. The Morgan fingerprint density at radius 1 is 0.793 bits per heavy atom. The molecule has 0 aliphatic heterocycles. The predicted octanol–water partition coefficient (Wildman–Crippen LogP) is 3.40. The summed E-state index contributed by atoms with van der Waals surface area (Å²) >= 11 is 5.82. The van der Waals surface area contributed by atoms with E-state index in [1.807, 2.05) is 18.2 Å². The fourth-order valence-corrected chi connectivity index (χ4v) is 2.98. The number of carbonyl (C=O) groups excluding carboxylic acids is 3. The summed E-state index contributed by atoms with van der Waals surface area (Å²) in [6.07, 6.45) is 0.217. The first-order chi connectivity index (χ1) is 13.9. The molecule has 29 heavy (non-hydrogen) atoms. The van der Waals surface area contributed by atoms with Crippen LogP contribution in [0.1, 0.15) is 31.8 Å². The number of rotatable bonds is 7. The summed E-state index contributed by atoms with van der Waals surface area (Å²) in [6, 6.07) is 21.3. The van der Waals surface area contributed by atoms with E-state index in [-0.39, 0.29) is 12.2 Å². The van der Waals surface area contributed by atoms with Gasteiger partial charge in [0.25, 0.3) is 5.91 Å². The van der Waals surface area contributed by atoms with Crippen molar-refractivity contribution >= 4 is 29.2 Å². The first-order valence-electron chi connectivity index (χ1n) is 8.98. The number of hydrogen-bond acceptors (Lipinski definition) is 3. The van der Waals surface area contributed by atoms with Crippen LogP contribution in [0.4, 0.5) is 0 Å². The molecule has 0 heterocycles. The third-order valence-electron chi connectivity index (χ3n) is 4.45. The van der Waals surface area contributed by atoms with E-state index >= 15 is 0 Å². The lowest BCUT2D eigenvalue weighted by atomic mass is 9.99. The zero-order chi connectivity index (χ0) is 20.8. The number of ketones is 1. The highest BCUT2D eigenvalue weighted by Gasteiger charge is 2.20. The van der Waals surface area contributed by atoms with Crippen molar-refractivity contribution in [1.82, 2.24) is 5.32 Å². The van der Waals surface area contributed by atoms with Crippen LogP contribution in [-0.4, -0.2) is 23.6 Å². The number of amides is 2. The molecule has 0 saturated heterocycles. The molecule has 0 aromatic heterocycles. The molecule has 3 N–H and O–H groups in total. The molecule has 0 unspecified atom stereocenters. The zero-order valence-corrected chi connectivity index (χ0v) is 16.2. The van der Waals surface area contributed by atoms with Gasteiger partial charge >= 0.3 is 0 Å². The van der Waals surface area contributed by atoms with Crippen LogP contribution in [0.15, 0.2) is 78.9 Å². The summed E-state index contributed by atoms with van der Waals surface area (Å²) in [7, 11) is 0. The van der Waals surface area contributed by atoms with E-state index in [1.54, 1.807) is 60.7 Å². The Balaban J connectivity index is 1.69. The Kier molecular flexibility index (Phi) is 6.42. The van der Waals surface area contributed by atoms with Gasteiger partial charge in [-0.1, -0.05) is 66.2 Å². The Morgan fingerprint density at radius 3 is 1.93 bits per heavy atom. The minimum Gasteiger partial charge on any atom is -0.368 e. The van der Waals surface area contributed by atoms with Gasteiger partial charge in [0.1, 0.15) is 6.04 Å². The topological polar surface area (TPSA) is 89.3 Å². The lowest BCUT2D eigenvalue weighted by Crippen LogP contribution is -2.45. The summed E-state index contributed by atoms with van der Waals surface area (Å²) in [6.45, 7) is 0. The maximum atomic E-state index is 12.5. The normalized spacial score (nSPS) is 11.5. The quantitative estimate of drug-likeness (QED) is 0.589. The molecular weight excluding hydrogens is 388 g/mol. The highest BCUT2D eigenvalue weighted by atomic mass is 35.5. The molecule has 6 heteroatoms. The lowest BCUT2D eigenvalue weighted by molar-refractivity contribution is -0.119. The van der Waals surface area contributed by atoms with Crippen LogP contribution in [0.3, 0.4) is 0 Å². The Morgan fingerprint density at radius 2 is 1.34 bits per heavy atom. The number of nitrogens with one attached hydrogen (secondary N) is 1. The molecule has 0 fully saturated rings. The van der Waals surface area contributed by atoms with E-state index in [0.717, 1.165) is 5.56 Å². The van der Waals surface area contributed by atoms with Crippen LogP contribution in [0.25, 0.3) is 0 Å². The fourth-order valence-electron chi connectivity index (χ4n) is 2.85. The van der Waals surface area contributed by atoms with Gasteiger partial charge in [0.15, 0.2) is 5.78 Å². The van der Waals surface area contributed by atoms with E-state index in [0.29, 0.717) is 21.7 Å². The fraction of sp³-hybridized carbons (Fsp3) is 0.0870. The molecule has 0 bridgehead atoms. The molecule has 1 atom stereocenters. The summed E-state index contributed by atoms with van der Waals surface area (Å²) in [5.74, 6) is -1.14. The van der Waals surface area contributed by atoms with Gasteiger partial charge in [-0.05, 0) is 29.8 Å². The number of carbonyl (C=O) groups is 3. The standard InChI is InChI=1S/C23H19ClN2O3/c24-19-12-10-18(11-13-19)23(29)26-20(22(25)28)14-15-6-8-17(9-7-15)21(27)16-4-2-1-3-5-16/h1-13,20H,14H2,(H2,25,28)(H,26,29)/t20-/m1/s1. The molecular formula is C23H19ClN2O3. The highest BCUT2D eigenvalue weighted by Crippen LogP contribution is 2.13. The molecule has 146 valence electrons. The maximum absolute atomic E-state index is 12.5. The summed E-state index contributed by atoms with van der Waals surface area (Å²) in [5, 5.41) is 3.15. The molecule has 0 aliphatic carbocycles. The van der Waals surface area contributed by atoms with E-state index < -0.39 is 17.9 Å². The number of benzene rings is 3. The number of halogens is 1. The van der Waals surface area contributed by atoms with Crippen molar-refractivity contribution in [2.24, 2.45) is 5.73 Å². The van der Waals surface area contributed by atoms with Crippen molar-refractivity contribution in [3.05, 3.63) is 106 Å². The molecule has 0 aliphatic rings. The van der Waals surface area contributed by atoms with Crippen LogP contribution >= 0.6 is 11.6 Å². The molecule has 3 aromatic carbocycles. The average molecular weight is 407 g/mol. The van der Waals surface area contributed by atoms with Gasteiger partial charge in [-0.2, -0.15) is 0 Å². The number of hydrogen-bond donors (Lipinski definition) is 2. The largest absolute Gasteiger partial charge is 0.368 e. The van der Waals surface area contributed by atoms with Gasteiger partial charge in [-0.3, -0.25) is 14.4 Å². The van der Waals surface area contributed by atoms with Crippen LogP contribution < -0.4 is 11.1 Å². The summed E-state index contributed by atoms with van der Waals surface area (Å²) < 4.78 is 0. The van der Waals surface area contributed by atoms with Crippen molar-refractivity contribution in [2.45, 2.75) is 12.5 Å². The van der Waals surface area contributed by atoms with Crippen molar-refractivity contribution in [1.29, 1.82) is 0 Å². The van der Waals surface area contributed by atoms with Gasteiger partial charge in [0, 0.05) is 28.1 Å². The third-order valence-corrected chi connectivity index (χ3v) is 4.70. The van der Waals surface area contributed by atoms with Crippen LogP contribution in [-0.2, 0) is 11.2 Å². The van der Waals surface area contributed by atoms with Crippen molar-refractivity contribution in [3.63, 3.8) is 0 Å². The van der Waals surface area contributed by atoms with Gasteiger partial charge < -0.3 is 11.1 Å². The van der Waals surface area contributed by atoms with Gasteiger partial charge in [-0.25, -0.2) is 0 Å². The van der Waals surface area contributed by atoms with Gasteiger partial charge in [-0.15, -0.1) is 0 Å². The number of nitrogens with two attached hydrogens (primary N) is 1. The maximum Gasteiger partial charge on any atom is 0.251 e. The minimum absolute atomic E-state index is 0.0837. The van der Waals surface area contributed by atoms with Crippen molar-refractivity contribution in [2.75, 3.05) is 0 Å².